The minimum atomic E-state index is 0.00612. The molecule has 0 radical (unpaired) electrons. The molecule has 0 saturated heterocycles. The Morgan fingerprint density at radius 2 is 1.15 bits per heavy atom. The molecule has 3 aromatic carbocycles. The SMILES string of the molecule is Cc1cccc(-n2c(-c3ccccc3)cc(=O)cc2-c2ccccc2)c1. The lowest BCUT2D eigenvalue weighted by Crippen LogP contribution is -2.11. The van der Waals surface area contributed by atoms with Gasteiger partial charge in [-0.25, -0.2) is 0 Å². The molecule has 0 spiro atoms. The Morgan fingerprint density at radius 3 is 1.65 bits per heavy atom. The van der Waals surface area contributed by atoms with Gasteiger partial charge < -0.3 is 4.57 Å². The van der Waals surface area contributed by atoms with Gasteiger partial charge in [0.15, 0.2) is 5.43 Å². The lowest BCUT2D eigenvalue weighted by Gasteiger charge is -2.20. The molecule has 4 aromatic rings. The molecule has 0 aliphatic heterocycles. The summed E-state index contributed by atoms with van der Waals surface area (Å²) in [5, 5.41) is 0. The Morgan fingerprint density at radius 1 is 0.615 bits per heavy atom. The molecule has 0 N–H and O–H groups in total. The van der Waals surface area contributed by atoms with Crippen LogP contribution in [0.25, 0.3) is 28.2 Å². The van der Waals surface area contributed by atoms with Gasteiger partial charge in [-0.3, -0.25) is 4.79 Å². The minimum absolute atomic E-state index is 0.00612. The van der Waals surface area contributed by atoms with Gasteiger partial charge >= 0.3 is 0 Å². The maximum Gasteiger partial charge on any atom is 0.182 e. The van der Waals surface area contributed by atoms with Crippen molar-refractivity contribution < 1.29 is 0 Å². The Hall–Kier alpha value is -3.39. The van der Waals surface area contributed by atoms with Crippen molar-refractivity contribution in [3.63, 3.8) is 0 Å². The molecular formula is C24H19NO. The van der Waals surface area contributed by atoms with Crippen LogP contribution in [0.1, 0.15) is 5.56 Å². The normalized spacial score (nSPS) is 10.7. The topological polar surface area (TPSA) is 22.0 Å². The van der Waals surface area contributed by atoms with E-state index in [2.05, 4.69) is 29.7 Å². The van der Waals surface area contributed by atoms with E-state index in [9.17, 15) is 4.79 Å². The van der Waals surface area contributed by atoms with Gasteiger partial charge in [-0.05, 0) is 35.7 Å². The fraction of sp³-hybridized carbons (Fsp3) is 0.0417. The predicted molar refractivity (Wildman–Crippen MR) is 108 cm³/mol. The molecule has 4 rings (SSSR count). The van der Waals surface area contributed by atoms with E-state index < -0.39 is 0 Å². The second-order valence-electron chi connectivity index (χ2n) is 6.37. The number of pyridine rings is 1. The highest BCUT2D eigenvalue weighted by Crippen LogP contribution is 2.29. The van der Waals surface area contributed by atoms with Gasteiger partial charge in [-0.2, -0.15) is 0 Å². The molecule has 0 amide bonds. The highest BCUT2D eigenvalue weighted by Gasteiger charge is 2.13. The van der Waals surface area contributed by atoms with Gasteiger partial charge in [0.2, 0.25) is 0 Å². The van der Waals surface area contributed by atoms with Crippen molar-refractivity contribution >= 4 is 0 Å². The molecule has 26 heavy (non-hydrogen) atoms. The molecule has 0 saturated carbocycles. The zero-order valence-electron chi connectivity index (χ0n) is 14.6. The zero-order chi connectivity index (χ0) is 17.9. The summed E-state index contributed by atoms with van der Waals surface area (Å²) < 4.78 is 2.17. The van der Waals surface area contributed by atoms with Crippen LogP contribution in [0.15, 0.2) is 102 Å². The van der Waals surface area contributed by atoms with Crippen LogP contribution in [0.4, 0.5) is 0 Å². The molecule has 2 heteroatoms. The van der Waals surface area contributed by atoms with Gasteiger partial charge in [-0.1, -0.05) is 72.8 Å². The Bertz CT molecular complexity index is 1030. The summed E-state index contributed by atoms with van der Waals surface area (Å²) in [5.74, 6) is 0. The third-order valence-electron chi connectivity index (χ3n) is 4.44. The Kier molecular flexibility index (Phi) is 4.24. The van der Waals surface area contributed by atoms with Crippen molar-refractivity contribution in [1.29, 1.82) is 0 Å². The van der Waals surface area contributed by atoms with Gasteiger partial charge in [0.25, 0.3) is 0 Å². The average Bonchev–Trinajstić information content (AvgIpc) is 2.68. The third-order valence-corrected chi connectivity index (χ3v) is 4.44. The first-order valence-corrected chi connectivity index (χ1v) is 8.67. The van der Waals surface area contributed by atoms with Gasteiger partial charge in [0.1, 0.15) is 0 Å². The van der Waals surface area contributed by atoms with Gasteiger partial charge in [-0.15, -0.1) is 0 Å². The lowest BCUT2D eigenvalue weighted by molar-refractivity contribution is 1.05. The van der Waals surface area contributed by atoms with Crippen molar-refractivity contribution in [1.82, 2.24) is 4.57 Å². The van der Waals surface area contributed by atoms with Crippen molar-refractivity contribution in [3.05, 3.63) is 113 Å². The summed E-state index contributed by atoms with van der Waals surface area (Å²) in [5.41, 5.74) is 6.05. The minimum Gasteiger partial charge on any atom is -0.309 e. The molecule has 0 atom stereocenters. The number of hydrogen-bond acceptors (Lipinski definition) is 1. The van der Waals surface area contributed by atoms with Crippen LogP contribution in [0.2, 0.25) is 0 Å². The molecule has 2 nitrogen and oxygen atoms in total. The first-order chi connectivity index (χ1) is 12.7. The number of aromatic nitrogens is 1. The first-order valence-electron chi connectivity index (χ1n) is 8.67. The summed E-state index contributed by atoms with van der Waals surface area (Å²) >= 11 is 0. The van der Waals surface area contributed by atoms with E-state index in [4.69, 9.17) is 0 Å². The number of nitrogens with zero attached hydrogens (tertiary/aromatic N) is 1. The number of rotatable bonds is 3. The summed E-state index contributed by atoms with van der Waals surface area (Å²) in [6.45, 7) is 2.08. The van der Waals surface area contributed by atoms with Crippen LogP contribution >= 0.6 is 0 Å². The van der Waals surface area contributed by atoms with E-state index in [-0.39, 0.29) is 5.43 Å². The first kappa shape index (κ1) is 16.1. The highest BCUT2D eigenvalue weighted by molar-refractivity contribution is 5.71. The van der Waals surface area contributed by atoms with Crippen LogP contribution in [-0.4, -0.2) is 4.57 Å². The number of hydrogen-bond donors (Lipinski definition) is 0. The summed E-state index contributed by atoms with van der Waals surface area (Å²) in [6.07, 6.45) is 0. The molecule has 0 unspecified atom stereocenters. The van der Waals surface area contributed by atoms with Crippen molar-refractivity contribution in [3.8, 4) is 28.2 Å². The van der Waals surface area contributed by atoms with E-state index in [1.54, 1.807) is 12.1 Å². The zero-order valence-corrected chi connectivity index (χ0v) is 14.6. The quantitative estimate of drug-likeness (QED) is 0.485. The lowest BCUT2D eigenvalue weighted by atomic mass is 10.1. The van der Waals surface area contributed by atoms with E-state index >= 15 is 0 Å². The average molecular weight is 337 g/mol. The number of benzene rings is 3. The largest absolute Gasteiger partial charge is 0.309 e. The standard InChI is InChI=1S/C24H19NO/c1-18-9-8-14-21(15-18)25-23(19-10-4-2-5-11-19)16-22(26)17-24(25)20-12-6-3-7-13-20/h2-17H,1H3. The van der Waals surface area contributed by atoms with Gasteiger partial charge in [0.05, 0.1) is 11.4 Å². The van der Waals surface area contributed by atoms with Crippen molar-refractivity contribution in [2.75, 3.05) is 0 Å². The summed E-state index contributed by atoms with van der Waals surface area (Å²) in [4.78, 5) is 12.5. The highest BCUT2D eigenvalue weighted by atomic mass is 16.1. The van der Waals surface area contributed by atoms with E-state index in [0.29, 0.717) is 0 Å². The Balaban J connectivity index is 2.09. The van der Waals surface area contributed by atoms with Crippen LogP contribution in [0.3, 0.4) is 0 Å². The van der Waals surface area contributed by atoms with E-state index in [0.717, 1.165) is 28.2 Å². The van der Waals surface area contributed by atoms with Crippen LogP contribution in [0.5, 0.6) is 0 Å². The van der Waals surface area contributed by atoms with Crippen molar-refractivity contribution in [2.24, 2.45) is 0 Å². The summed E-state index contributed by atoms with van der Waals surface area (Å²) in [6, 6.07) is 31.9. The predicted octanol–water partition coefficient (Wildman–Crippen LogP) is 5.48. The third kappa shape index (κ3) is 3.09. The molecule has 126 valence electrons. The molecule has 0 aliphatic carbocycles. The van der Waals surface area contributed by atoms with Crippen LogP contribution < -0.4 is 5.43 Å². The molecule has 1 heterocycles. The van der Waals surface area contributed by atoms with Gasteiger partial charge in [0, 0.05) is 17.8 Å². The monoisotopic (exact) mass is 337 g/mol. The molecular weight excluding hydrogens is 318 g/mol. The maximum atomic E-state index is 12.5. The molecule has 1 aromatic heterocycles. The van der Waals surface area contributed by atoms with E-state index in [1.807, 2.05) is 66.7 Å². The molecule has 0 bridgehead atoms. The molecule has 0 aliphatic rings. The second-order valence-corrected chi connectivity index (χ2v) is 6.37. The Labute approximate surface area is 153 Å². The fourth-order valence-electron chi connectivity index (χ4n) is 3.26. The molecule has 0 fully saturated rings. The second kappa shape index (κ2) is 6.85. The fourth-order valence-corrected chi connectivity index (χ4v) is 3.26. The smallest absolute Gasteiger partial charge is 0.182 e. The van der Waals surface area contributed by atoms with Crippen molar-refractivity contribution in [2.45, 2.75) is 6.92 Å². The van der Waals surface area contributed by atoms with Crippen LogP contribution in [0, 0.1) is 6.92 Å². The maximum absolute atomic E-state index is 12.5. The van der Waals surface area contributed by atoms with Crippen LogP contribution in [-0.2, 0) is 0 Å². The van der Waals surface area contributed by atoms with E-state index in [1.165, 1.54) is 5.56 Å². The summed E-state index contributed by atoms with van der Waals surface area (Å²) in [7, 11) is 0. The number of aryl methyl sites for hydroxylation is 1.